The number of ether oxygens (including phenoxy) is 2. The van der Waals surface area contributed by atoms with Gasteiger partial charge >= 0.3 is 0 Å². The van der Waals surface area contributed by atoms with E-state index in [1.54, 1.807) is 37.0 Å². The third-order valence-corrected chi connectivity index (χ3v) is 4.43. The van der Waals surface area contributed by atoms with Crippen molar-refractivity contribution in [2.24, 2.45) is 0 Å². The van der Waals surface area contributed by atoms with E-state index in [1.807, 2.05) is 54.6 Å². The zero-order chi connectivity index (χ0) is 18.8. The summed E-state index contributed by atoms with van der Waals surface area (Å²) in [5, 5.41) is 0.562. The Balaban J connectivity index is 2.07. The Hall–Kier alpha value is -3.60. The summed E-state index contributed by atoms with van der Waals surface area (Å²) in [4.78, 5) is 18.1. The molecule has 5 heteroatoms. The topological polar surface area (TPSA) is 53.4 Å². The van der Waals surface area contributed by atoms with E-state index in [-0.39, 0.29) is 5.56 Å². The molecule has 0 fully saturated rings. The Morgan fingerprint density at radius 3 is 2.26 bits per heavy atom. The first-order valence-corrected chi connectivity index (χ1v) is 8.52. The lowest BCUT2D eigenvalue weighted by Crippen LogP contribution is -2.22. The van der Waals surface area contributed by atoms with Gasteiger partial charge in [-0.15, -0.1) is 0 Å². The number of methoxy groups -OCH3 is 2. The van der Waals surface area contributed by atoms with Crippen molar-refractivity contribution in [3.63, 3.8) is 0 Å². The van der Waals surface area contributed by atoms with Gasteiger partial charge in [-0.1, -0.05) is 42.5 Å². The lowest BCUT2D eigenvalue weighted by Gasteiger charge is -2.15. The van der Waals surface area contributed by atoms with E-state index in [4.69, 9.17) is 14.5 Å². The molecule has 0 aliphatic heterocycles. The predicted octanol–water partition coefficient (Wildman–Crippen LogP) is 4.07. The average Bonchev–Trinajstić information content (AvgIpc) is 2.74. The van der Waals surface area contributed by atoms with Crippen LogP contribution in [0.15, 0.2) is 77.6 Å². The van der Waals surface area contributed by atoms with Crippen molar-refractivity contribution in [2.75, 3.05) is 14.2 Å². The van der Waals surface area contributed by atoms with Crippen molar-refractivity contribution in [2.45, 2.75) is 0 Å². The summed E-state index contributed by atoms with van der Waals surface area (Å²) < 4.78 is 12.3. The van der Waals surface area contributed by atoms with Crippen molar-refractivity contribution in [3.8, 4) is 28.6 Å². The minimum absolute atomic E-state index is 0.133. The Labute approximate surface area is 156 Å². The maximum absolute atomic E-state index is 13.3. The number of para-hydroxylation sites is 1. The standard InChI is InChI=1S/C22H18N2O3/c1-26-19-13-12-16(14-20(19)27-2)24-21(15-8-4-3-5-9-15)23-18-11-7-6-10-17(18)22(24)25/h3-14H,1-2H3. The van der Waals surface area contributed by atoms with Crippen LogP contribution in [-0.2, 0) is 0 Å². The van der Waals surface area contributed by atoms with Crippen LogP contribution in [0.3, 0.4) is 0 Å². The second kappa shape index (κ2) is 6.96. The molecule has 3 aromatic carbocycles. The molecule has 0 amide bonds. The predicted molar refractivity (Wildman–Crippen MR) is 106 cm³/mol. The molecule has 0 N–H and O–H groups in total. The molecule has 5 nitrogen and oxygen atoms in total. The number of benzene rings is 3. The van der Waals surface area contributed by atoms with Crippen LogP contribution < -0.4 is 15.0 Å². The number of fused-ring (bicyclic) bond motifs is 1. The lowest BCUT2D eigenvalue weighted by atomic mass is 10.1. The Bertz CT molecular complexity index is 1170. The Morgan fingerprint density at radius 2 is 1.52 bits per heavy atom. The molecule has 4 aromatic rings. The maximum atomic E-state index is 13.3. The van der Waals surface area contributed by atoms with Crippen LogP contribution in [-0.4, -0.2) is 23.8 Å². The fraction of sp³-hybridized carbons (Fsp3) is 0.0909. The highest BCUT2D eigenvalue weighted by atomic mass is 16.5. The Kier molecular flexibility index (Phi) is 4.34. The van der Waals surface area contributed by atoms with Gasteiger partial charge in [-0.25, -0.2) is 4.98 Å². The molecule has 0 saturated carbocycles. The molecular weight excluding hydrogens is 340 g/mol. The van der Waals surface area contributed by atoms with Gasteiger partial charge in [-0.3, -0.25) is 9.36 Å². The van der Waals surface area contributed by atoms with Crippen LogP contribution in [0.4, 0.5) is 0 Å². The normalized spacial score (nSPS) is 10.7. The van der Waals surface area contributed by atoms with E-state index >= 15 is 0 Å². The van der Waals surface area contributed by atoms with Gasteiger partial charge < -0.3 is 9.47 Å². The molecule has 0 saturated heterocycles. The summed E-state index contributed by atoms with van der Waals surface area (Å²) in [7, 11) is 3.15. The van der Waals surface area contributed by atoms with E-state index in [1.165, 1.54) is 0 Å². The molecule has 0 aliphatic rings. The third kappa shape index (κ3) is 2.93. The molecule has 4 rings (SSSR count). The van der Waals surface area contributed by atoms with Crippen LogP contribution in [0.1, 0.15) is 0 Å². The number of nitrogens with zero attached hydrogens (tertiary/aromatic N) is 2. The monoisotopic (exact) mass is 358 g/mol. The summed E-state index contributed by atoms with van der Waals surface area (Å²) in [5.41, 5.74) is 2.05. The lowest BCUT2D eigenvalue weighted by molar-refractivity contribution is 0.355. The van der Waals surface area contributed by atoms with Gasteiger partial charge in [0.05, 0.1) is 30.8 Å². The van der Waals surface area contributed by atoms with Crippen LogP contribution in [0, 0.1) is 0 Å². The molecule has 1 heterocycles. The van der Waals surface area contributed by atoms with E-state index in [9.17, 15) is 4.79 Å². The average molecular weight is 358 g/mol. The van der Waals surface area contributed by atoms with Crippen LogP contribution >= 0.6 is 0 Å². The number of hydrogen-bond donors (Lipinski definition) is 0. The smallest absolute Gasteiger partial charge is 0.266 e. The molecule has 0 radical (unpaired) electrons. The zero-order valence-electron chi connectivity index (χ0n) is 15.0. The first kappa shape index (κ1) is 16.8. The quantitative estimate of drug-likeness (QED) is 0.552. The van der Waals surface area contributed by atoms with E-state index in [0.29, 0.717) is 33.9 Å². The largest absolute Gasteiger partial charge is 0.493 e. The summed E-state index contributed by atoms with van der Waals surface area (Å²) in [5.74, 6) is 1.73. The Morgan fingerprint density at radius 1 is 0.815 bits per heavy atom. The minimum Gasteiger partial charge on any atom is -0.493 e. The van der Waals surface area contributed by atoms with Crippen molar-refractivity contribution in [1.82, 2.24) is 9.55 Å². The van der Waals surface area contributed by atoms with Crippen LogP contribution in [0.2, 0.25) is 0 Å². The molecule has 0 unspecified atom stereocenters. The third-order valence-electron chi connectivity index (χ3n) is 4.43. The molecule has 0 spiro atoms. The molecule has 0 aliphatic carbocycles. The molecule has 0 atom stereocenters. The number of aromatic nitrogens is 2. The van der Waals surface area contributed by atoms with E-state index < -0.39 is 0 Å². The summed E-state index contributed by atoms with van der Waals surface area (Å²) >= 11 is 0. The van der Waals surface area contributed by atoms with Gasteiger partial charge in [0.1, 0.15) is 5.82 Å². The first-order valence-electron chi connectivity index (χ1n) is 8.52. The fourth-order valence-electron chi connectivity index (χ4n) is 3.12. The van der Waals surface area contributed by atoms with Crippen LogP contribution in [0.25, 0.3) is 28.0 Å². The van der Waals surface area contributed by atoms with Gasteiger partial charge in [0.2, 0.25) is 0 Å². The highest BCUT2D eigenvalue weighted by Crippen LogP contribution is 2.30. The van der Waals surface area contributed by atoms with Crippen molar-refractivity contribution < 1.29 is 9.47 Å². The maximum Gasteiger partial charge on any atom is 0.266 e. The zero-order valence-corrected chi connectivity index (χ0v) is 15.0. The van der Waals surface area contributed by atoms with Gasteiger partial charge in [-0.05, 0) is 24.3 Å². The van der Waals surface area contributed by atoms with E-state index in [2.05, 4.69) is 0 Å². The summed E-state index contributed by atoms with van der Waals surface area (Å²) in [6.45, 7) is 0. The van der Waals surface area contributed by atoms with Crippen molar-refractivity contribution >= 4 is 10.9 Å². The second-order valence-corrected chi connectivity index (χ2v) is 6.00. The molecular formula is C22H18N2O3. The first-order chi connectivity index (χ1) is 13.2. The minimum atomic E-state index is -0.133. The van der Waals surface area contributed by atoms with Crippen molar-refractivity contribution in [1.29, 1.82) is 0 Å². The van der Waals surface area contributed by atoms with Gasteiger partial charge in [0.15, 0.2) is 11.5 Å². The van der Waals surface area contributed by atoms with Crippen molar-refractivity contribution in [3.05, 3.63) is 83.2 Å². The summed E-state index contributed by atoms with van der Waals surface area (Å²) in [6, 6.07) is 22.4. The molecule has 0 bridgehead atoms. The van der Waals surface area contributed by atoms with Gasteiger partial charge in [0, 0.05) is 11.6 Å². The fourth-order valence-corrected chi connectivity index (χ4v) is 3.12. The number of rotatable bonds is 4. The molecule has 134 valence electrons. The van der Waals surface area contributed by atoms with E-state index in [0.717, 1.165) is 5.56 Å². The second-order valence-electron chi connectivity index (χ2n) is 6.00. The van der Waals surface area contributed by atoms with Gasteiger partial charge in [-0.2, -0.15) is 0 Å². The highest BCUT2D eigenvalue weighted by molar-refractivity contribution is 5.80. The molecule has 1 aromatic heterocycles. The SMILES string of the molecule is COc1ccc(-n2c(-c3ccccc3)nc3ccccc3c2=O)cc1OC. The summed E-state index contributed by atoms with van der Waals surface area (Å²) in [6.07, 6.45) is 0. The van der Waals surface area contributed by atoms with Crippen LogP contribution in [0.5, 0.6) is 11.5 Å². The van der Waals surface area contributed by atoms with Gasteiger partial charge in [0.25, 0.3) is 5.56 Å². The molecule has 27 heavy (non-hydrogen) atoms. The number of hydrogen-bond acceptors (Lipinski definition) is 4. The highest BCUT2D eigenvalue weighted by Gasteiger charge is 2.16.